The first-order valence-electron chi connectivity index (χ1n) is 8.77. The predicted molar refractivity (Wildman–Crippen MR) is 93.8 cm³/mol. The summed E-state index contributed by atoms with van der Waals surface area (Å²) in [6, 6.07) is 7.02. The van der Waals surface area contributed by atoms with Crippen LogP contribution in [0.2, 0.25) is 0 Å². The van der Waals surface area contributed by atoms with Gasteiger partial charge in [0.15, 0.2) is 9.84 Å². The van der Waals surface area contributed by atoms with E-state index in [0.717, 1.165) is 25.7 Å². The molecule has 5 nitrogen and oxygen atoms in total. The lowest BCUT2D eigenvalue weighted by molar-refractivity contribution is 0.0673. The van der Waals surface area contributed by atoms with Crippen LogP contribution >= 0.6 is 0 Å². The zero-order chi connectivity index (χ0) is 17.3. The van der Waals surface area contributed by atoms with E-state index in [1.807, 2.05) is 4.90 Å². The molecule has 1 saturated carbocycles. The molecule has 1 aliphatic heterocycles. The van der Waals surface area contributed by atoms with Crippen LogP contribution in [0, 0.1) is 0 Å². The van der Waals surface area contributed by atoms with Gasteiger partial charge in [-0.05, 0) is 51.0 Å². The summed E-state index contributed by atoms with van der Waals surface area (Å²) < 4.78 is 25.2. The van der Waals surface area contributed by atoms with E-state index >= 15 is 0 Å². The van der Waals surface area contributed by atoms with E-state index in [-0.39, 0.29) is 23.2 Å². The van der Waals surface area contributed by atoms with Crippen molar-refractivity contribution in [3.63, 3.8) is 0 Å². The molecule has 0 spiro atoms. The van der Waals surface area contributed by atoms with Gasteiger partial charge in [-0.3, -0.25) is 4.79 Å². The molecule has 1 amide bonds. The van der Waals surface area contributed by atoms with Crippen molar-refractivity contribution >= 4 is 15.7 Å². The van der Waals surface area contributed by atoms with Crippen LogP contribution in [0.4, 0.5) is 0 Å². The minimum Gasteiger partial charge on any atom is -0.336 e. The first-order chi connectivity index (χ1) is 11.4. The van der Waals surface area contributed by atoms with E-state index < -0.39 is 9.84 Å². The summed E-state index contributed by atoms with van der Waals surface area (Å²) in [5.74, 6) is -0.0278. The van der Waals surface area contributed by atoms with Crippen LogP contribution in [0.3, 0.4) is 0 Å². The number of rotatable bonds is 3. The van der Waals surface area contributed by atoms with Gasteiger partial charge in [-0.2, -0.15) is 0 Å². The van der Waals surface area contributed by atoms with Crippen molar-refractivity contribution in [1.29, 1.82) is 0 Å². The van der Waals surface area contributed by atoms with Crippen LogP contribution in [-0.4, -0.2) is 49.6 Å². The van der Waals surface area contributed by atoms with Crippen molar-refractivity contribution in [2.24, 2.45) is 0 Å². The molecule has 0 radical (unpaired) electrons. The van der Waals surface area contributed by atoms with Gasteiger partial charge in [-0.25, -0.2) is 8.42 Å². The van der Waals surface area contributed by atoms with E-state index in [4.69, 9.17) is 0 Å². The lowest BCUT2D eigenvalue weighted by Crippen LogP contribution is -2.55. The van der Waals surface area contributed by atoms with Crippen molar-refractivity contribution in [2.75, 3.05) is 13.1 Å². The number of nitrogens with zero attached hydrogens (tertiary/aromatic N) is 1. The Morgan fingerprint density at radius 3 is 2.12 bits per heavy atom. The van der Waals surface area contributed by atoms with Gasteiger partial charge < -0.3 is 10.2 Å². The van der Waals surface area contributed by atoms with Crippen LogP contribution in [0.5, 0.6) is 0 Å². The van der Waals surface area contributed by atoms with E-state index in [1.54, 1.807) is 24.3 Å². The monoisotopic (exact) mass is 350 g/mol. The highest BCUT2D eigenvalue weighted by molar-refractivity contribution is 7.92. The number of carbonyl (C=O) groups is 1. The topological polar surface area (TPSA) is 66.5 Å². The normalized spacial score (nSPS) is 25.8. The maximum absolute atomic E-state index is 12.7. The van der Waals surface area contributed by atoms with Gasteiger partial charge in [0.2, 0.25) is 0 Å². The molecule has 1 N–H and O–H groups in total. The SMILES string of the molecule is CC1CN(C(=O)c2ccc(S(=O)(=O)C3CCCC3)cc2)CC(C)N1. The molecule has 0 bridgehead atoms. The molecule has 1 aromatic carbocycles. The van der Waals surface area contributed by atoms with Crippen molar-refractivity contribution in [3.8, 4) is 0 Å². The first kappa shape index (κ1) is 17.4. The van der Waals surface area contributed by atoms with Gasteiger partial charge in [-0.15, -0.1) is 0 Å². The number of hydrogen-bond acceptors (Lipinski definition) is 4. The third-order valence-electron chi connectivity index (χ3n) is 5.02. The van der Waals surface area contributed by atoms with E-state index in [9.17, 15) is 13.2 Å². The molecule has 6 heteroatoms. The van der Waals surface area contributed by atoms with Gasteiger partial charge in [0.25, 0.3) is 5.91 Å². The van der Waals surface area contributed by atoms with Crippen LogP contribution in [0.1, 0.15) is 49.9 Å². The second-order valence-electron chi connectivity index (χ2n) is 7.15. The van der Waals surface area contributed by atoms with Crippen molar-refractivity contribution in [1.82, 2.24) is 10.2 Å². The van der Waals surface area contributed by atoms with Crippen molar-refractivity contribution in [2.45, 2.75) is 61.8 Å². The highest BCUT2D eigenvalue weighted by atomic mass is 32.2. The smallest absolute Gasteiger partial charge is 0.253 e. The van der Waals surface area contributed by atoms with Gasteiger partial charge >= 0.3 is 0 Å². The average Bonchev–Trinajstić information content (AvgIpc) is 3.08. The van der Waals surface area contributed by atoms with Crippen LogP contribution in [0.15, 0.2) is 29.2 Å². The predicted octanol–water partition coefficient (Wildman–Crippen LogP) is 2.23. The molecule has 2 fully saturated rings. The third kappa shape index (κ3) is 3.49. The van der Waals surface area contributed by atoms with Gasteiger partial charge in [0.05, 0.1) is 10.1 Å². The first-order valence-corrected chi connectivity index (χ1v) is 10.3. The summed E-state index contributed by atoms with van der Waals surface area (Å²) in [5.41, 5.74) is 0.557. The van der Waals surface area contributed by atoms with Crippen molar-refractivity contribution < 1.29 is 13.2 Å². The van der Waals surface area contributed by atoms with Crippen LogP contribution < -0.4 is 5.32 Å². The Morgan fingerprint density at radius 1 is 1.04 bits per heavy atom. The number of amides is 1. The summed E-state index contributed by atoms with van der Waals surface area (Å²) in [6.07, 6.45) is 3.47. The number of piperazine rings is 1. The molecule has 2 unspecified atom stereocenters. The molecule has 0 aromatic heterocycles. The van der Waals surface area contributed by atoms with Gasteiger partial charge in [0, 0.05) is 30.7 Å². The van der Waals surface area contributed by atoms with E-state index in [2.05, 4.69) is 19.2 Å². The molecular weight excluding hydrogens is 324 g/mol. The summed E-state index contributed by atoms with van der Waals surface area (Å²) in [4.78, 5) is 14.8. The molecule has 1 saturated heterocycles. The number of hydrogen-bond donors (Lipinski definition) is 1. The fourth-order valence-corrected chi connectivity index (χ4v) is 5.71. The quantitative estimate of drug-likeness (QED) is 0.908. The summed E-state index contributed by atoms with van der Waals surface area (Å²) >= 11 is 0. The van der Waals surface area contributed by atoms with Gasteiger partial charge in [0.1, 0.15) is 0 Å². The fraction of sp³-hybridized carbons (Fsp3) is 0.611. The molecule has 2 atom stereocenters. The van der Waals surface area contributed by atoms with Crippen LogP contribution in [0.25, 0.3) is 0 Å². The number of benzene rings is 1. The standard InChI is InChI=1S/C18H26N2O3S/c1-13-11-20(12-14(2)19-13)18(21)15-7-9-17(10-8-15)24(22,23)16-5-3-4-6-16/h7-10,13-14,16,19H,3-6,11-12H2,1-2H3. The lowest BCUT2D eigenvalue weighted by atomic mass is 10.1. The number of nitrogens with one attached hydrogen (secondary N) is 1. The zero-order valence-corrected chi connectivity index (χ0v) is 15.2. The summed E-state index contributed by atoms with van der Waals surface area (Å²) in [6.45, 7) is 5.47. The molecule has 24 heavy (non-hydrogen) atoms. The zero-order valence-electron chi connectivity index (χ0n) is 14.4. The molecular formula is C18H26N2O3S. The Labute approximate surface area is 144 Å². The maximum atomic E-state index is 12.7. The minimum atomic E-state index is -3.26. The molecule has 1 aromatic rings. The Hall–Kier alpha value is -1.40. The Morgan fingerprint density at radius 2 is 1.58 bits per heavy atom. The molecule has 1 heterocycles. The molecule has 2 aliphatic rings. The number of carbonyl (C=O) groups excluding carboxylic acids is 1. The highest BCUT2D eigenvalue weighted by Crippen LogP contribution is 2.29. The molecule has 132 valence electrons. The largest absolute Gasteiger partial charge is 0.336 e. The number of sulfone groups is 1. The van der Waals surface area contributed by atoms with Crippen LogP contribution in [-0.2, 0) is 9.84 Å². The second-order valence-corrected chi connectivity index (χ2v) is 9.38. The van der Waals surface area contributed by atoms with E-state index in [1.165, 1.54) is 0 Å². The summed E-state index contributed by atoms with van der Waals surface area (Å²) in [5, 5.41) is 3.15. The Kier molecular flexibility index (Phi) is 4.97. The third-order valence-corrected chi connectivity index (χ3v) is 7.29. The lowest BCUT2D eigenvalue weighted by Gasteiger charge is -2.36. The minimum absolute atomic E-state index is 0.0278. The highest BCUT2D eigenvalue weighted by Gasteiger charge is 2.31. The molecule has 3 rings (SSSR count). The fourth-order valence-electron chi connectivity index (χ4n) is 3.85. The van der Waals surface area contributed by atoms with Gasteiger partial charge in [-0.1, -0.05) is 12.8 Å². The average molecular weight is 350 g/mol. The van der Waals surface area contributed by atoms with Crippen molar-refractivity contribution in [3.05, 3.63) is 29.8 Å². The molecule has 1 aliphatic carbocycles. The second kappa shape index (κ2) is 6.84. The maximum Gasteiger partial charge on any atom is 0.253 e. The Bertz CT molecular complexity index is 683. The van der Waals surface area contributed by atoms with E-state index in [0.29, 0.717) is 23.5 Å². The Balaban J connectivity index is 1.75. The summed E-state index contributed by atoms with van der Waals surface area (Å²) in [7, 11) is -3.26.